The van der Waals surface area contributed by atoms with E-state index < -0.39 is 5.97 Å². The number of carbonyl (C=O) groups is 2. The zero-order chi connectivity index (χ0) is 19.6. The van der Waals surface area contributed by atoms with Gasteiger partial charge in [-0.25, -0.2) is 9.78 Å². The average Bonchev–Trinajstić information content (AvgIpc) is 3.00. The van der Waals surface area contributed by atoms with E-state index in [0.29, 0.717) is 17.0 Å². The molecule has 7 heteroatoms. The summed E-state index contributed by atoms with van der Waals surface area (Å²) in [5, 5.41) is 2.81. The third kappa shape index (κ3) is 3.62. The summed E-state index contributed by atoms with van der Waals surface area (Å²) in [5.74, 6) is -0.598. The standard InChI is InChI=1S/C20H22N4O3/c1-5-27-20(26)17-18(24-11-7-6-8-16(24)21-17)22-19(25)14-9-10-15(23(3)4)13(2)12-14/h6-12H,5H2,1-4H3,(H,22,25). The summed E-state index contributed by atoms with van der Waals surface area (Å²) in [6, 6.07) is 10.8. The van der Waals surface area contributed by atoms with Gasteiger partial charge in [0.05, 0.1) is 6.61 Å². The lowest BCUT2D eigenvalue weighted by molar-refractivity contribution is 0.0521. The van der Waals surface area contributed by atoms with Crippen molar-refractivity contribution in [2.45, 2.75) is 13.8 Å². The minimum absolute atomic E-state index is 0.0815. The zero-order valence-electron chi connectivity index (χ0n) is 15.8. The van der Waals surface area contributed by atoms with Crippen molar-refractivity contribution in [3.63, 3.8) is 0 Å². The maximum Gasteiger partial charge on any atom is 0.360 e. The number of aryl methyl sites for hydroxylation is 1. The second-order valence-electron chi connectivity index (χ2n) is 6.31. The van der Waals surface area contributed by atoms with Crippen LogP contribution in [0, 0.1) is 6.92 Å². The van der Waals surface area contributed by atoms with Crippen LogP contribution in [0.5, 0.6) is 0 Å². The van der Waals surface area contributed by atoms with Gasteiger partial charge in [-0.1, -0.05) is 6.07 Å². The summed E-state index contributed by atoms with van der Waals surface area (Å²) in [6.45, 7) is 3.90. The fourth-order valence-corrected chi connectivity index (χ4v) is 2.94. The molecule has 27 heavy (non-hydrogen) atoms. The van der Waals surface area contributed by atoms with Crippen molar-refractivity contribution >= 4 is 29.0 Å². The molecule has 1 N–H and O–H groups in total. The molecule has 140 valence electrons. The molecule has 0 bridgehead atoms. The van der Waals surface area contributed by atoms with E-state index in [2.05, 4.69) is 10.3 Å². The number of ether oxygens (including phenoxy) is 1. The lowest BCUT2D eigenvalue weighted by atomic mass is 10.1. The normalized spacial score (nSPS) is 10.7. The molecular formula is C20H22N4O3. The Morgan fingerprint density at radius 3 is 2.67 bits per heavy atom. The number of rotatable bonds is 5. The SMILES string of the molecule is CCOC(=O)c1nc2ccccn2c1NC(=O)c1ccc(N(C)C)c(C)c1. The van der Waals surface area contributed by atoms with Crippen LogP contribution in [0.25, 0.3) is 5.65 Å². The van der Waals surface area contributed by atoms with Crippen molar-refractivity contribution in [2.24, 2.45) is 0 Å². The average molecular weight is 366 g/mol. The fraction of sp³-hybridized carbons (Fsp3) is 0.250. The molecule has 0 radical (unpaired) electrons. The maximum atomic E-state index is 12.8. The number of anilines is 2. The third-order valence-corrected chi connectivity index (χ3v) is 4.17. The van der Waals surface area contributed by atoms with Crippen molar-refractivity contribution in [3.05, 3.63) is 59.4 Å². The Kier molecular flexibility index (Phi) is 5.12. The van der Waals surface area contributed by atoms with Crippen LogP contribution in [0.4, 0.5) is 11.5 Å². The molecule has 0 saturated carbocycles. The van der Waals surface area contributed by atoms with Gasteiger partial charge in [0.25, 0.3) is 5.91 Å². The van der Waals surface area contributed by atoms with Gasteiger partial charge < -0.3 is 15.0 Å². The van der Waals surface area contributed by atoms with Crippen LogP contribution in [0.1, 0.15) is 33.3 Å². The Hall–Kier alpha value is -3.35. The number of hydrogen-bond acceptors (Lipinski definition) is 5. The number of imidazole rings is 1. The predicted molar refractivity (Wildman–Crippen MR) is 105 cm³/mol. The highest BCUT2D eigenvalue weighted by molar-refractivity contribution is 6.07. The Morgan fingerprint density at radius 2 is 2.00 bits per heavy atom. The Morgan fingerprint density at radius 1 is 1.22 bits per heavy atom. The van der Waals surface area contributed by atoms with Crippen molar-refractivity contribution in [2.75, 3.05) is 30.9 Å². The van der Waals surface area contributed by atoms with Crippen molar-refractivity contribution < 1.29 is 14.3 Å². The number of pyridine rings is 1. The summed E-state index contributed by atoms with van der Waals surface area (Å²) in [6.07, 6.45) is 1.74. The molecular weight excluding hydrogens is 344 g/mol. The molecule has 7 nitrogen and oxygen atoms in total. The largest absolute Gasteiger partial charge is 0.461 e. The van der Waals surface area contributed by atoms with Gasteiger partial charge in [0.1, 0.15) is 5.65 Å². The minimum Gasteiger partial charge on any atom is -0.461 e. The van der Waals surface area contributed by atoms with Gasteiger partial charge >= 0.3 is 5.97 Å². The van der Waals surface area contributed by atoms with Crippen LogP contribution in [0.2, 0.25) is 0 Å². The van der Waals surface area contributed by atoms with Crippen LogP contribution >= 0.6 is 0 Å². The number of nitrogens with one attached hydrogen (secondary N) is 1. The van der Waals surface area contributed by atoms with Crippen molar-refractivity contribution in [1.29, 1.82) is 0 Å². The van der Waals surface area contributed by atoms with E-state index in [4.69, 9.17) is 4.74 Å². The number of benzene rings is 1. The number of aromatic nitrogens is 2. The number of hydrogen-bond donors (Lipinski definition) is 1. The molecule has 3 rings (SSSR count). The molecule has 0 aliphatic heterocycles. The lowest BCUT2D eigenvalue weighted by Crippen LogP contribution is -2.18. The smallest absolute Gasteiger partial charge is 0.360 e. The predicted octanol–water partition coefficient (Wildman–Crippen LogP) is 3.14. The van der Waals surface area contributed by atoms with Crippen LogP contribution in [0.3, 0.4) is 0 Å². The molecule has 0 spiro atoms. The summed E-state index contributed by atoms with van der Waals surface area (Å²) in [5.41, 5.74) is 3.15. The van der Waals surface area contributed by atoms with E-state index in [0.717, 1.165) is 11.3 Å². The van der Waals surface area contributed by atoms with Gasteiger partial charge in [-0.2, -0.15) is 0 Å². The number of fused-ring (bicyclic) bond motifs is 1. The monoisotopic (exact) mass is 366 g/mol. The Labute approximate surface area is 157 Å². The van der Waals surface area contributed by atoms with Crippen LogP contribution in [-0.2, 0) is 4.74 Å². The molecule has 0 aliphatic rings. The summed E-state index contributed by atoms with van der Waals surface area (Å²) in [7, 11) is 3.90. The second-order valence-corrected chi connectivity index (χ2v) is 6.31. The van der Waals surface area contributed by atoms with E-state index in [1.165, 1.54) is 0 Å². The number of esters is 1. The second kappa shape index (κ2) is 7.49. The van der Waals surface area contributed by atoms with E-state index in [1.54, 1.807) is 35.7 Å². The highest BCUT2D eigenvalue weighted by Crippen LogP contribution is 2.22. The third-order valence-electron chi connectivity index (χ3n) is 4.17. The van der Waals surface area contributed by atoms with Gasteiger partial charge in [0.2, 0.25) is 0 Å². The summed E-state index contributed by atoms with van der Waals surface area (Å²) >= 11 is 0. The van der Waals surface area contributed by atoms with Crippen LogP contribution < -0.4 is 10.2 Å². The van der Waals surface area contributed by atoms with Gasteiger partial charge in [-0.3, -0.25) is 9.20 Å². The first kappa shape index (κ1) is 18.4. The molecule has 0 saturated heterocycles. The Bertz CT molecular complexity index is 1010. The van der Waals surface area contributed by atoms with E-state index >= 15 is 0 Å². The van der Waals surface area contributed by atoms with Gasteiger partial charge in [-0.15, -0.1) is 0 Å². The molecule has 0 aliphatic carbocycles. The van der Waals surface area contributed by atoms with Crippen LogP contribution in [0.15, 0.2) is 42.6 Å². The molecule has 2 heterocycles. The highest BCUT2D eigenvalue weighted by Gasteiger charge is 2.22. The molecule has 1 aromatic carbocycles. The first-order valence-corrected chi connectivity index (χ1v) is 8.66. The van der Waals surface area contributed by atoms with Gasteiger partial charge in [0.15, 0.2) is 11.5 Å². The molecule has 0 atom stereocenters. The zero-order valence-corrected chi connectivity index (χ0v) is 15.8. The van der Waals surface area contributed by atoms with E-state index in [9.17, 15) is 9.59 Å². The molecule has 1 amide bonds. The van der Waals surface area contributed by atoms with Crippen molar-refractivity contribution in [3.8, 4) is 0 Å². The van der Waals surface area contributed by atoms with Crippen molar-refractivity contribution in [1.82, 2.24) is 9.38 Å². The summed E-state index contributed by atoms with van der Waals surface area (Å²) in [4.78, 5) is 31.4. The summed E-state index contributed by atoms with van der Waals surface area (Å²) < 4.78 is 6.73. The fourth-order valence-electron chi connectivity index (χ4n) is 2.94. The quantitative estimate of drug-likeness (QED) is 0.702. The first-order chi connectivity index (χ1) is 12.9. The van der Waals surface area contributed by atoms with Gasteiger partial charge in [-0.05, 0) is 49.7 Å². The number of amides is 1. The maximum absolute atomic E-state index is 12.8. The molecule has 3 aromatic rings. The van der Waals surface area contributed by atoms with E-state index in [1.807, 2.05) is 44.1 Å². The topological polar surface area (TPSA) is 75.9 Å². The molecule has 0 fully saturated rings. The number of carbonyl (C=O) groups excluding carboxylic acids is 2. The van der Waals surface area contributed by atoms with Gasteiger partial charge in [0, 0.05) is 31.5 Å². The molecule has 2 aromatic heterocycles. The van der Waals surface area contributed by atoms with E-state index in [-0.39, 0.29) is 18.2 Å². The highest BCUT2D eigenvalue weighted by atomic mass is 16.5. The Balaban J connectivity index is 1.98. The minimum atomic E-state index is -0.573. The lowest BCUT2D eigenvalue weighted by Gasteiger charge is -2.16. The number of nitrogens with zero attached hydrogens (tertiary/aromatic N) is 3. The first-order valence-electron chi connectivity index (χ1n) is 8.66. The van der Waals surface area contributed by atoms with Crippen LogP contribution in [-0.4, -0.2) is 42.0 Å². The molecule has 0 unspecified atom stereocenters.